The zero-order chi connectivity index (χ0) is 39.7. The van der Waals surface area contributed by atoms with Crippen LogP contribution in [0.3, 0.4) is 0 Å². The van der Waals surface area contributed by atoms with Crippen LogP contribution in [0.2, 0.25) is 0 Å². The van der Waals surface area contributed by atoms with Crippen LogP contribution in [0.1, 0.15) is 0 Å². The lowest BCUT2D eigenvalue weighted by Crippen LogP contribution is -2.03. The fourth-order valence-electron chi connectivity index (χ4n) is 5.18. The Bertz CT molecular complexity index is 2810. The predicted molar refractivity (Wildman–Crippen MR) is 202 cm³/mol. The molecule has 9 N–H and O–H groups in total. The maximum atomic E-state index is 12.4. The summed E-state index contributed by atoms with van der Waals surface area (Å²) in [7, 11) is -10.2. The number of nitrogen functional groups attached to an aromatic ring is 3. The van der Waals surface area contributed by atoms with Crippen molar-refractivity contribution in [2.24, 2.45) is 30.7 Å². The number of non-ortho nitro benzene ring substituents is 1. The van der Waals surface area contributed by atoms with Crippen molar-refractivity contribution in [2.75, 3.05) is 17.2 Å². The highest BCUT2D eigenvalue weighted by atomic mass is 32.2. The number of aromatic hydroxyl groups is 1. The number of hydrogen-bond acceptors (Lipinski definition) is 16. The van der Waals surface area contributed by atoms with Gasteiger partial charge in [0.25, 0.3) is 25.9 Å². The van der Waals surface area contributed by atoms with Crippen molar-refractivity contribution in [3.63, 3.8) is 0 Å². The Balaban J connectivity index is 1.33. The van der Waals surface area contributed by atoms with Gasteiger partial charge in [0.05, 0.1) is 38.7 Å². The van der Waals surface area contributed by atoms with Gasteiger partial charge in [-0.1, -0.05) is 24.3 Å². The van der Waals surface area contributed by atoms with E-state index < -0.39 is 57.8 Å². The summed E-state index contributed by atoms with van der Waals surface area (Å²) < 4.78 is 69.5. The number of nitro benzene ring substituents is 1. The second-order valence-corrected chi connectivity index (χ2v) is 14.3. The molecule has 0 unspecified atom stereocenters. The molecule has 6 aromatic rings. The second kappa shape index (κ2) is 14.7. The molecule has 19 nitrogen and oxygen atoms in total. The molecular formula is C34H26N10O9S2. The smallest absolute Gasteiger partial charge is 0.296 e. The highest BCUT2D eigenvalue weighted by Gasteiger charge is 2.28. The summed E-state index contributed by atoms with van der Waals surface area (Å²) in [5.41, 5.74) is 19.3. The van der Waals surface area contributed by atoms with Crippen molar-refractivity contribution >= 4 is 87.9 Å². The molecule has 278 valence electrons. The lowest BCUT2D eigenvalue weighted by atomic mass is 10.0. The summed E-state index contributed by atoms with van der Waals surface area (Å²) in [6, 6.07) is 24.6. The van der Waals surface area contributed by atoms with Crippen LogP contribution in [0, 0.1) is 10.1 Å². The molecule has 0 spiro atoms. The van der Waals surface area contributed by atoms with E-state index in [1.807, 2.05) is 0 Å². The van der Waals surface area contributed by atoms with E-state index in [1.54, 1.807) is 66.7 Å². The van der Waals surface area contributed by atoms with Crippen LogP contribution in [0.5, 0.6) is 5.75 Å². The number of fused-ring (bicyclic) bond motifs is 1. The summed E-state index contributed by atoms with van der Waals surface area (Å²) >= 11 is 0. The minimum atomic E-state index is -5.13. The minimum absolute atomic E-state index is 0.0257. The standard InChI is InChI=1S/C34H26N10O9S2/c35-21-5-14-27(26(36)17-21)41-38-22-6-1-18(2-7-22)19-3-8-23(9-4-19)40-43-33-29(55(51,52)53)16-20-15-28(54(48,49)50)32(31(37)30(20)34(33)45)42-39-24-10-12-25(13-11-24)44(46)47/h1-17,45H,35-37H2,(H,48,49,50)(H,51,52,53). The van der Waals surface area contributed by atoms with Gasteiger partial charge in [0.1, 0.15) is 26.9 Å². The molecule has 0 heterocycles. The van der Waals surface area contributed by atoms with Crippen molar-refractivity contribution in [1.29, 1.82) is 0 Å². The van der Waals surface area contributed by atoms with Gasteiger partial charge in [-0.15, -0.1) is 15.3 Å². The molecule has 0 aliphatic heterocycles. The van der Waals surface area contributed by atoms with Crippen molar-refractivity contribution < 1.29 is 36.0 Å². The number of hydrogen-bond donors (Lipinski definition) is 6. The van der Waals surface area contributed by atoms with Crippen LogP contribution in [0.4, 0.5) is 56.9 Å². The van der Waals surface area contributed by atoms with E-state index in [4.69, 9.17) is 17.2 Å². The first-order chi connectivity index (χ1) is 26.0. The van der Waals surface area contributed by atoms with Crippen molar-refractivity contribution in [3.05, 3.63) is 113 Å². The number of azo groups is 3. The van der Waals surface area contributed by atoms with Gasteiger partial charge < -0.3 is 22.3 Å². The lowest BCUT2D eigenvalue weighted by molar-refractivity contribution is -0.384. The number of nitrogens with two attached hydrogens (primary N) is 3. The summed E-state index contributed by atoms with van der Waals surface area (Å²) in [6.45, 7) is 0. The van der Waals surface area contributed by atoms with E-state index in [-0.39, 0.29) is 27.8 Å². The van der Waals surface area contributed by atoms with Gasteiger partial charge in [-0.2, -0.15) is 32.2 Å². The van der Waals surface area contributed by atoms with E-state index >= 15 is 0 Å². The van der Waals surface area contributed by atoms with Crippen LogP contribution >= 0.6 is 0 Å². The number of phenolic OH excluding ortho intramolecular Hbond substituents is 1. The third-order valence-corrected chi connectivity index (χ3v) is 9.59. The largest absolute Gasteiger partial charge is 0.505 e. The molecule has 0 aliphatic carbocycles. The summed E-state index contributed by atoms with van der Waals surface area (Å²) in [5, 5.41) is 45.4. The zero-order valence-corrected chi connectivity index (χ0v) is 29.4. The Morgan fingerprint density at radius 2 is 1.04 bits per heavy atom. The number of nitrogens with zero attached hydrogens (tertiary/aromatic N) is 7. The van der Waals surface area contributed by atoms with Crippen LogP contribution in [-0.4, -0.2) is 36.0 Å². The monoisotopic (exact) mass is 782 g/mol. The highest BCUT2D eigenvalue weighted by Crippen LogP contribution is 2.48. The van der Waals surface area contributed by atoms with E-state index in [9.17, 15) is 41.2 Å². The third kappa shape index (κ3) is 8.23. The average Bonchev–Trinajstić information content (AvgIpc) is 3.13. The molecule has 0 aliphatic rings. The van der Waals surface area contributed by atoms with Gasteiger partial charge in [0, 0.05) is 17.8 Å². The fraction of sp³-hybridized carbons (Fsp3) is 0. The Hall–Kier alpha value is -7.20. The second-order valence-electron chi connectivity index (χ2n) is 11.5. The van der Waals surface area contributed by atoms with E-state index in [2.05, 4.69) is 30.7 Å². The van der Waals surface area contributed by atoms with E-state index in [1.165, 1.54) is 12.1 Å². The average molecular weight is 783 g/mol. The molecular weight excluding hydrogens is 757 g/mol. The van der Waals surface area contributed by atoms with E-state index in [0.29, 0.717) is 22.7 Å². The Labute approximate surface area is 310 Å². The Morgan fingerprint density at radius 3 is 1.51 bits per heavy atom. The van der Waals surface area contributed by atoms with Crippen molar-refractivity contribution in [2.45, 2.75) is 9.79 Å². The highest BCUT2D eigenvalue weighted by molar-refractivity contribution is 7.86. The zero-order valence-electron chi connectivity index (χ0n) is 27.8. The molecule has 0 saturated heterocycles. The number of anilines is 3. The van der Waals surface area contributed by atoms with Gasteiger partial charge >= 0.3 is 0 Å². The molecule has 0 radical (unpaired) electrons. The fourth-order valence-corrected chi connectivity index (χ4v) is 6.51. The predicted octanol–water partition coefficient (Wildman–Crippen LogP) is 8.61. The molecule has 0 amide bonds. The molecule has 0 atom stereocenters. The quantitative estimate of drug-likeness (QED) is 0.0250. The number of benzene rings is 6. The van der Waals surface area contributed by atoms with E-state index in [0.717, 1.165) is 35.4 Å². The molecule has 6 aromatic carbocycles. The van der Waals surface area contributed by atoms with Crippen LogP contribution in [-0.2, 0) is 20.2 Å². The minimum Gasteiger partial charge on any atom is -0.505 e. The summed E-state index contributed by atoms with van der Waals surface area (Å²) in [5.74, 6) is -0.937. The van der Waals surface area contributed by atoms with Crippen LogP contribution in [0.15, 0.2) is 144 Å². The number of rotatable bonds is 10. The molecule has 0 aromatic heterocycles. The van der Waals surface area contributed by atoms with Crippen molar-refractivity contribution in [3.8, 4) is 16.9 Å². The van der Waals surface area contributed by atoms with Gasteiger partial charge in [-0.25, -0.2) is 0 Å². The first kappa shape index (κ1) is 37.6. The molecule has 21 heteroatoms. The first-order valence-corrected chi connectivity index (χ1v) is 18.3. The molecule has 6 rings (SSSR count). The van der Waals surface area contributed by atoms with Crippen LogP contribution < -0.4 is 17.2 Å². The first-order valence-electron chi connectivity index (χ1n) is 15.4. The third-order valence-electron chi connectivity index (χ3n) is 7.85. The number of nitro groups is 1. The molecule has 0 fully saturated rings. The Morgan fingerprint density at radius 1 is 0.582 bits per heavy atom. The van der Waals surface area contributed by atoms with Gasteiger partial charge in [-0.3, -0.25) is 19.2 Å². The maximum absolute atomic E-state index is 12.4. The van der Waals surface area contributed by atoms with Crippen molar-refractivity contribution in [1.82, 2.24) is 0 Å². The van der Waals surface area contributed by atoms with Gasteiger partial charge in [0.15, 0.2) is 5.75 Å². The Kier molecular flexibility index (Phi) is 10.0. The van der Waals surface area contributed by atoms with Crippen LogP contribution in [0.25, 0.3) is 21.9 Å². The van der Waals surface area contributed by atoms with Gasteiger partial charge in [-0.05, 0) is 83.2 Å². The lowest BCUT2D eigenvalue weighted by Gasteiger charge is -2.14. The molecule has 0 saturated carbocycles. The SMILES string of the molecule is Nc1ccc(N=Nc2ccc(-c3ccc(N=Nc4c(S(=O)(=O)O)cc5cc(S(=O)(=O)O)c(N=Nc6ccc([N+](=O)[O-])cc6)c(N)c5c4O)cc3)cc2)c(N)c1. The number of phenols is 1. The molecule has 0 bridgehead atoms. The normalized spacial score (nSPS) is 12.3. The summed E-state index contributed by atoms with van der Waals surface area (Å²) in [6.07, 6.45) is 0. The maximum Gasteiger partial charge on any atom is 0.296 e. The topological polar surface area (TPSA) is 324 Å². The molecule has 55 heavy (non-hydrogen) atoms. The summed E-state index contributed by atoms with van der Waals surface area (Å²) in [4.78, 5) is 8.43. The van der Waals surface area contributed by atoms with Gasteiger partial charge in [0.2, 0.25) is 0 Å².